The molecule has 0 atom stereocenters. The van der Waals surface area contributed by atoms with E-state index >= 15 is 0 Å². The Hall–Kier alpha value is -4.29. The molecule has 0 saturated heterocycles. The third-order valence-electron chi connectivity index (χ3n) is 6.58. The summed E-state index contributed by atoms with van der Waals surface area (Å²) in [4.78, 5) is 32.0. The van der Waals surface area contributed by atoms with Crippen molar-refractivity contribution >= 4 is 11.7 Å². The van der Waals surface area contributed by atoms with Gasteiger partial charge in [0.1, 0.15) is 17.1 Å². The standard InChI is InChI=1S/C25H22F4N6O3/c1-13-16(12-35(2)33-13)8-20-30-11-17(23(37)32-20)14-3-4-15(18(26)7-14)9-22(36)31-21-10-19(38-34-21)24(5-6-24)25(27,28)29/h3-4,7,10-12H,5-6,8-9H2,1-2H3,(H,30,32,37)(H,31,34,36). The summed E-state index contributed by atoms with van der Waals surface area (Å²) in [6, 6.07) is 5.00. The van der Waals surface area contributed by atoms with Gasteiger partial charge in [0.05, 0.1) is 17.7 Å². The van der Waals surface area contributed by atoms with E-state index < -0.39 is 35.3 Å². The van der Waals surface area contributed by atoms with Gasteiger partial charge in [-0.1, -0.05) is 17.3 Å². The summed E-state index contributed by atoms with van der Waals surface area (Å²) >= 11 is 0. The molecule has 1 aliphatic carbocycles. The van der Waals surface area contributed by atoms with Crippen molar-refractivity contribution in [2.24, 2.45) is 7.05 Å². The van der Waals surface area contributed by atoms with E-state index in [-0.39, 0.29) is 41.1 Å². The summed E-state index contributed by atoms with van der Waals surface area (Å²) < 4.78 is 61.0. The average molecular weight is 530 g/mol. The Labute approximate surface area is 212 Å². The van der Waals surface area contributed by atoms with E-state index in [2.05, 4.69) is 25.5 Å². The van der Waals surface area contributed by atoms with Crippen LogP contribution in [0.25, 0.3) is 11.1 Å². The molecule has 3 aromatic heterocycles. The number of carbonyl (C=O) groups excluding carboxylic acids is 1. The van der Waals surface area contributed by atoms with E-state index in [1.165, 1.54) is 18.3 Å². The van der Waals surface area contributed by atoms with Gasteiger partial charge in [0, 0.05) is 37.5 Å². The predicted octanol–water partition coefficient (Wildman–Crippen LogP) is 3.97. The number of halogens is 4. The highest BCUT2D eigenvalue weighted by Gasteiger charge is 2.66. The number of aromatic nitrogens is 5. The lowest BCUT2D eigenvalue weighted by Gasteiger charge is -2.14. The number of aryl methyl sites for hydroxylation is 2. The molecule has 38 heavy (non-hydrogen) atoms. The molecule has 0 bridgehead atoms. The number of nitrogens with one attached hydrogen (secondary N) is 2. The zero-order valence-electron chi connectivity index (χ0n) is 20.3. The van der Waals surface area contributed by atoms with Gasteiger partial charge in [0.15, 0.2) is 11.6 Å². The van der Waals surface area contributed by atoms with Gasteiger partial charge < -0.3 is 14.8 Å². The van der Waals surface area contributed by atoms with E-state index in [4.69, 9.17) is 4.52 Å². The van der Waals surface area contributed by atoms with Crippen LogP contribution in [0.15, 0.2) is 46.0 Å². The minimum Gasteiger partial charge on any atom is -0.358 e. The van der Waals surface area contributed by atoms with Crippen LogP contribution in [0.3, 0.4) is 0 Å². The second kappa shape index (κ2) is 9.23. The number of anilines is 1. The highest BCUT2D eigenvalue weighted by Crippen LogP contribution is 2.59. The molecule has 9 nitrogen and oxygen atoms in total. The lowest BCUT2D eigenvalue weighted by atomic mass is 10.0. The number of benzene rings is 1. The molecule has 3 heterocycles. The zero-order chi connectivity index (χ0) is 27.2. The molecular formula is C25H22F4N6O3. The molecule has 1 aromatic carbocycles. The van der Waals surface area contributed by atoms with Crippen molar-refractivity contribution < 1.29 is 26.9 Å². The van der Waals surface area contributed by atoms with Gasteiger partial charge in [-0.25, -0.2) is 9.37 Å². The third-order valence-corrected chi connectivity index (χ3v) is 6.58. The Morgan fingerprint density at radius 2 is 2.00 bits per heavy atom. The minimum atomic E-state index is -4.48. The molecular weight excluding hydrogens is 508 g/mol. The second-order valence-electron chi connectivity index (χ2n) is 9.35. The normalized spacial score (nSPS) is 14.5. The largest absolute Gasteiger partial charge is 0.401 e. The quantitative estimate of drug-likeness (QED) is 0.349. The first-order valence-corrected chi connectivity index (χ1v) is 11.6. The van der Waals surface area contributed by atoms with Crippen LogP contribution in [0.5, 0.6) is 0 Å². The number of hydrogen-bond donors (Lipinski definition) is 2. The first-order valence-electron chi connectivity index (χ1n) is 11.6. The van der Waals surface area contributed by atoms with E-state index in [1.807, 2.05) is 13.1 Å². The van der Waals surface area contributed by atoms with Gasteiger partial charge in [-0.2, -0.15) is 18.3 Å². The van der Waals surface area contributed by atoms with Gasteiger partial charge >= 0.3 is 6.18 Å². The molecule has 1 saturated carbocycles. The molecule has 13 heteroatoms. The summed E-state index contributed by atoms with van der Waals surface area (Å²) in [5.41, 5.74) is -0.335. The smallest absolute Gasteiger partial charge is 0.358 e. The number of rotatable bonds is 7. The minimum absolute atomic E-state index is 0.0250. The van der Waals surface area contributed by atoms with Crippen LogP contribution in [0, 0.1) is 12.7 Å². The molecule has 0 unspecified atom stereocenters. The first kappa shape index (κ1) is 25.4. The van der Waals surface area contributed by atoms with Gasteiger partial charge in [-0.3, -0.25) is 14.3 Å². The Kier molecular flexibility index (Phi) is 6.16. The number of H-pyrrole nitrogens is 1. The third kappa shape index (κ3) is 4.83. The van der Waals surface area contributed by atoms with Gasteiger partial charge in [-0.15, -0.1) is 0 Å². The number of hydrogen-bond acceptors (Lipinski definition) is 6. The van der Waals surface area contributed by atoms with E-state index in [1.54, 1.807) is 11.7 Å². The van der Waals surface area contributed by atoms with E-state index in [9.17, 15) is 27.2 Å². The van der Waals surface area contributed by atoms with Crippen LogP contribution in [-0.4, -0.2) is 37.0 Å². The molecule has 0 spiro atoms. The van der Waals surface area contributed by atoms with E-state index in [0.29, 0.717) is 12.2 Å². The molecule has 1 amide bonds. The highest BCUT2D eigenvalue weighted by atomic mass is 19.4. The van der Waals surface area contributed by atoms with Crippen LogP contribution in [0.2, 0.25) is 0 Å². The maximum absolute atomic E-state index is 14.8. The summed E-state index contributed by atoms with van der Waals surface area (Å²) in [6.45, 7) is 1.85. The Morgan fingerprint density at radius 3 is 2.61 bits per heavy atom. The zero-order valence-corrected chi connectivity index (χ0v) is 20.3. The molecule has 0 aliphatic heterocycles. The van der Waals surface area contributed by atoms with Gasteiger partial charge in [0.2, 0.25) is 5.91 Å². The van der Waals surface area contributed by atoms with Crippen LogP contribution in [0.4, 0.5) is 23.4 Å². The molecule has 5 rings (SSSR count). The van der Waals surface area contributed by atoms with Gasteiger partial charge in [-0.05, 0) is 37.0 Å². The average Bonchev–Trinajstić information content (AvgIpc) is 3.44. The van der Waals surface area contributed by atoms with Crippen molar-refractivity contribution in [1.29, 1.82) is 0 Å². The molecule has 1 fully saturated rings. The van der Waals surface area contributed by atoms with Gasteiger partial charge in [0.25, 0.3) is 5.56 Å². The number of nitrogens with zero attached hydrogens (tertiary/aromatic N) is 4. The topological polar surface area (TPSA) is 119 Å². The van der Waals surface area contributed by atoms with Crippen molar-refractivity contribution in [1.82, 2.24) is 24.9 Å². The first-order chi connectivity index (χ1) is 17.9. The molecule has 0 radical (unpaired) electrons. The summed E-state index contributed by atoms with van der Waals surface area (Å²) in [5.74, 6) is -1.54. The summed E-state index contributed by atoms with van der Waals surface area (Å²) in [5, 5.41) is 10.1. The second-order valence-corrected chi connectivity index (χ2v) is 9.35. The van der Waals surface area contributed by atoms with Crippen molar-refractivity contribution in [2.45, 2.75) is 44.2 Å². The number of aromatic amines is 1. The summed E-state index contributed by atoms with van der Waals surface area (Å²) in [7, 11) is 1.79. The number of amides is 1. The van der Waals surface area contributed by atoms with Crippen molar-refractivity contribution in [3.8, 4) is 11.1 Å². The van der Waals surface area contributed by atoms with Crippen LogP contribution >= 0.6 is 0 Å². The summed E-state index contributed by atoms with van der Waals surface area (Å²) in [6.07, 6.45) is -1.53. The number of alkyl halides is 3. The maximum Gasteiger partial charge on any atom is 0.401 e. The maximum atomic E-state index is 14.8. The molecule has 198 valence electrons. The van der Waals surface area contributed by atoms with Crippen molar-refractivity contribution in [3.63, 3.8) is 0 Å². The van der Waals surface area contributed by atoms with Crippen molar-refractivity contribution in [2.75, 3.05) is 5.32 Å². The Morgan fingerprint density at radius 1 is 1.24 bits per heavy atom. The van der Waals surface area contributed by atoms with E-state index in [0.717, 1.165) is 23.4 Å². The van der Waals surface area contributed by atoms with Crippen molar-refractivity contribution in [3.05, 3.63) is 81.2 Å². The van der Waals surface area contributed by atoms with Crippen LogP contribution < -0.4 is 10.9 Å². The fourth-order valence-electron chi connectivity index (χ4n) is 4.30. The molecule has 2 N–H and O–H groups in total. The fraction of sp³-hybridized carbons (Fsp3) is 0.320. The van der Waals surface area contributed by atoms with Crippen LogP contribution in [0.1, 0.15) is 41.2 Å². The van der Waals surface area contributed by atoms with Crippen LogP contribution in [-0.2, 0) is 30.1 Å². The Balaban J connectivity index is 1.25. The molecule has 4 aromatic rings. The highest BCUT2D eigenvalue weighted by molar-refractivity contribution is 5.91. The fourth-order valence-corrected chi connectivity index (χ4v) is 4.30. The lowest BCUT2D eigenvalue weighted by Crippen LogP contribution is -2.28. The molecule has 1 aliphatic rings. The monoisotopic (exact) mass is 530 g/mol. The Bertz CT molecular complexity index is 1580. The lowest BCUT2D eigenvalue weighted by molar-refractivity contribution is -0.165. The predicted molar refractivity (Wildman–Crippen MR) is 127 cm³/mol. The number of carbonyl (C=O) groups is 1. The SMILES string of the molecule is Cc1nn(C)cc1Cc1ncc(-c2ccc(CC(=O)Nc3cc(C4(C(F)(F)F)CC4)on3)c(F)c2)c(=O)[nH]1.